The van der Waals surface area contributed by atoms with Crippen LogP contribution in [0.15, 0.2) is 18.2 Å². The minimum Gasteiger partial charge on any atom is -0.504 e. The molecule has 3 rings (SSSR count). The highest BCUT2D eigenvalue weighted by atomic mass is 16.5. The van der Waals surface area contributed by atoms with E-state index in [4.69, 9.17) is 9.47 Å². The van der Waals surface area contributed by atoms with Crippen molar-refractivity contribution in [3.63, 3.8) is 0 Å². The third kappa shape index (κ3) is 4.64. The topological polar surface area (TPSA) is 71.0 Å². The Morgan fingerprint density at radius 3 is 2.84 bits per heavy atom. The Balaban J connectivity index is 1.44. The summed E-state index contributed by atoms with van der Waals surface area (Å²) < 4.78 is 10.7. The molecule has 25 heavy (non-hydrogen) atoms. The number of aromatic hydroxyl groups is 1. The number of hydrogen-bond acceptors (Lipinski definition) is 5. The molecular weight excluding hydrogens is 320 g/mol. The van der Waals surface area contributed by atoms with Crippen LogP contribution in [0, 0.1) is 5.92 Å². The molecule has 138 valence electrons. The van der Waals surface area contributed by atoms with Crippen molar-refractivity contribution in [1.82, 2.24) is 10.2 Å². The predicted octanol–water partition coefficient (Wildman–Crippen LogP) is 1.91. The van der Waals surface area contributed by atoms with Gasteiger partial charge in [-0.1, -0.05) is 12.1 Å². The average Bonchev–Trinajstić information content (AvgIpc) is 3.16. The van der Waals surface area contributed by atoms with Gasteiger partial charge in [0.2, 0.25) is 5.91 Å². The molecule has 1 aromatic rings. The standard InChI is InChI=1S/C19H28N2O4/c1-24-17-6-2-4-15(18(17)22)13-21-9-7-14(8-10-21)19(23)20-12-16-5-3-11-25-16/h2,4,6,14,16,22H,3,5,7-13H2,1H3,(H,20,23). The summed E-state index contributed by atoms with van der Waals surface area (Å²) in [5.74, 6) is 0.943. The second-order valence-corrected chi connectivity index (χ2v) is 6.90. The summed E-state index contributed by atoms with van der Waals surface area (Å²) in [4.78, 5) is 14.6. The molecule has 2 aliphatic heterocycles. The van der Waals surface area contributed by atoms with Gasteiger partial charge in [0.1, 0.15) is 0 Å². The van der Waals surface area contributed by atoms with Gasteiger partial charge in [0, 0.05) is 31.2 Å². The van der Waals surface area contributed by atoms with E-state index >= 15 is 0 Å². The van der Waals surface area contributed by atoms with Gasteiger partial charge in [0.15, 0.2) is 11.5 Å². The molecule has 0 aliphatic carbocycles. The van der Waals surface area contributed by atoms with Gasteiger partial charge < -0.3 is 19.9 Å². The molecule has 6 nitrogen and oxygen atoms in total. The number of para-hydroxylation sites is 1. The molecule has 6 heteroatoms. The number of ether oxygens (including phenoxy) is 2. The summed E-state index contributed by atoms with van der Waals surface area (Å²) in [6.07, 6.45) is 4.03. The van der Waals surface area contributed by atoms with Crippen molar-refractivity contribution in [3.05, 3.63) is 23.8 Å². The van der Waals surface area contributed by atoms with Crippen LogP contribution in [-0.2, 0) is 16.1 Å². The first kappa shape index (κ1) is 18.0. The van der Waals surface area contributed by atoms with Gasteiger partial charge in [0.25, 0.3) is 0 Å². The van der Waals surface area contributed by atoms with Crippen LogP contribution >= 0.6 is 0 Å². The Hall–Kier alpha value is -1.79. The lowest BCUT2D eigenvalue weighted by atomic mass is 9.95. The zero-order chi connectivity index (χ0) is 17.6. The van der Waals surface area contributed by atoms with Crippen molar-refractivity contribution in [1.29, 1.82) is 0 Å². The zero-order valence-electron chi connectivity index (χ0n) is 14.9. The lowest BCUT2D eigenvalue weighted by molar-refractivity contribution is -0.127. The van der Waals surface area contributed by atoms with Crippen LogP contribution in [0.1, 0.15) is 31.2 Å². The van der Waals surface area contributed by atoms with Crippen molar-refractivity contribution in [2.75, 3.05) is 33.4 Å². The predicted molar refractivity (Wildman–Crippen MR) is 94.6 cm³/mol. The molecule has 0 bridgehead atoms. The minimum absolute atomic E-state index is 0.0801. The maximum Gasteiger partial charge on any atom is 0.223 e. The summed E-state index contributed by atoms with van der Waals surface area (Å²) in [6.45, 7) is 3.84. The summed E-state index contributed by atoms with van der Waals surface area (Å²) in [5.41, 5.74) is 0.862. The van der Waals surface area contributed by atoms with E-state index in [-0.39, 0.29) is 23.7 Å². The summed E-state index contributed by atoms with van der Waals surface area (Å²) >= 11 is 0. The quantitative estimate of drug-likeness (QED) is 0.822. The Kier molecular flexibility index (Phi) is 6.15. The van der Waals surface area contributed by atoms with Gasteiger partial charge in [0.05, 0.1) is 13.2 Å². The first-order chi connectivity index (χ1) is 12.2. The fraction of sp³-hybridized carbons (Fsp3) is 0.632. The normalized spacial score (nSPS) is 22.0. The van der Waals surface area contributed by atoms with Gasteiger partial charge in [-0.3, -0.25) is 9.69 Å². The maximum absolute atomic E-state index is 12.3. The maximum atomic E-state index is 12.3. The minimum atomic E-state index is 0.0801. The van der Waals surface area contributed by atoms with Crippen molar-refractivity contribution >= 4 is 5.91 Å². The third-order valence-electron chi connectivity index (χ3n) is 5.18. The Labute approximate surface area is 149 Å². The van der Waals surface area contributed by atoms with E-state index in [2.05, 4.69) is 10.2 Å². The number of methoxy groups -OCH3 is 1. The Morgan fingerprint density at radius 1 is 1.36 bits per heavy atom. The van der Waals surface area contributed by atoms with Gasteiger partial charge in [-0.2, -0.15) is 0 Å². The van der Waals surface area contributed by atoms with E-state index in [1.807, 2.05) is 12.1 Å². The van der Waals surface area contributed by atoms with E-state index in [1.54, 1.807) is 13.2 Å². The van der Waals surface area contributed by atoms with Gasteiger partial charge in [-0.25, -0.2) is 0 Å². The Morgan fingerprint density at radius 2 is 2.16 bits per heavy atom. The molecule has 0 spiro atoms. The number of likely N-dealkylation sites (tertiary alicyclic amines) is 1. The monoisotopic (exact) mass is 348 g/mol. The van der Waals surface area contributed by atoms with Gasteiger partial charge >= 0.3 is 0 Å². The average molecular weight is 348 g/mol. The zero-order valence-corrected chi connectivity index (χ0v) is 14.9. The molecule has 0 aromatic heterocycles. The van der Waals surface area contributed by atoms with Crippen molar-refractivity contribution in [2.45, 2.75) is 38.3 Å². The highest BCUT2D eigenvalue weighted by Gasteiger charge is 2.26. The largest absolute Gasteiger partial charge is 0.504 e. The second-order valence-electron chi connectivity index (χ2n) is 6.90. The number of hydrogen-bond donors (Lipinski definition) is 2. The summed E-state index contributed by atoms with van der Waals surface area (Å²) in [6, 6.07) is 5.56. The Bertz CT molecular complexity index is 579. The highest BCUT2D eigenvalue weighted by molar-refractivity contribution is 5.78. The molecule has 0 saturated carbocycles. The van der Waals surface area contributed by atoms with Crippen molar-refractivity contribution in [3.8, 4) is 11.5 Å². The number of rotatable bonds is 6. The molecule has 2 saturated heterocycles. The van der Waals surface area contributed by atoms with Gasteiger partial charge in [-0.05, 0) is 44.8 Å². The van der Waals surface area contributed by atoms with E-state index < -0.39 is 0 Å². The number of benzene rings is 1. The number of nitrogens with one attached hydrogen (secondary N) is 1. The molecule has 2 fully saturated rings. The molecule has 0 radical (unpaired) electrons. The van der Waals surface area contributed by atoms with Gasteiger partial charge in [-0.15, -0.1) is 0 Å². The fourth-order valence-electron chi connectivity index (χ4n) is 3.62. The molecule has 2 N–H and O–H groups in total. The fourth-order valence-corrected chi connectivity index (χ4v) is 3.62. The lowest BCUT2D eigenvalue weighted by Gasteiger charge is -2.31. The van der Waals surface area contributed by atoms with Crippen LogP contribution in [0.25, 0.3) is 0 Å². The van der Waals surface area contributed by atoms with Crippen LogP contribution in [-0.4, -0.2) is 55.4 Å². The van der Waals surface area contributed by atoms with Crippen LogP contribution < -0.4 is 10.1 Å². The number of carbonyl (C=O) groups is 1. The number of nitrogens with zero attached hydrogens (tertiary/aromatic N) is 1. The SMILES string of the molecule is COc1cccc(CN2CCC(C(=O)NCC3CCCO3)CC2)c1O. The molecule has 2 aliphatic rings. The number of piperidine rings is 1. The van der Waals surface area contributed by atoms with Crippen LogP contribution in [0.3, 0.4) is 0 Å². The van der Waals surface area contributed by atoms with Crippen molar-refractivity contribution < 1.29 is 19.4 Å². The first-order valence-corrected chi connectivity index (χ1v) is 9.14. The molecule has 2 heterocycles. The summed E-state index contributed by atoms with van der Waals surface area (Å²) in [7, 11) is 1.56. The van der Waals surface area contributed by atoms with Crippen LogP contribution in [0.4, 0.5) is 0 Å². The molecule has 1 atom stereocenters. The van der Waals surface area contributed by atoms with Crippen LogP contribution in [0.5, 0.6) is 11.5 Å². The molecule has 1 aromatic carbocycles. The van der Waals surface area contributed by atoms with E-state index in [0.29, 0.717) is 18.8 Å². The van der Waals surface area contributed by atoms with E-state index in [1.165, 1.54) is 0 Å². The third-order valence-corrected chi connectivity index (χ3v) is 5.18. The molecule has 1 unspecified atom stereocenters. The van der Waals surface area contributed by atoms with Crippen LogP contribution in [0.2, 0.25) is 0 Å². The number of amides is 1. The number of phenolic OH excluding ortho intramolecular Hbond substituents is 1. The second kappa shape index (κ2) is 8.54. The van der Waals surface area contributed by atoms with E-state index in [0.717, 1.165) is 50.9 Å². The molecular formula is C19H28N2O4. The first-order valence-electron chi connectivity index (χ1n) is 9.14. The number of phenols is 1. The van der Waals surface area contributed by atoms with E-state index in [9.17, 15) is 9.90 Å². The molecule has 1 amide bonds. The smallest absolute Gasteiger partial charge is 0.223 e. The lowest BCUT2D eigenvalue weighted by Crippen LogP contribution is -2.42. The highest BCUT2D eigenvalue weighted by Crippen LogP contribution is 2.31. The number of carbonyl (C=O) groups excluding carboxylic acids is 1. The summed E-state index contributed by atoms with van der Waals surface area (Å²) in [5, 5.41) is 13.2. The van der Waals surface area contributed by atoms with Crippen molar-refractivity contribution in [2.24, 2.45) is 5.92 Å².